The number of rotatable bonds is 6. The number of carboxylic acid groups (broad SMARTS) is 1. The van der Waals surface area contributed by atoms with Crippen LogP contribution in [0.5, 0.6) is 0 Å². The predicted molar refractivity (Wildman–Crippen MR) is 71.5 cm³/mol. The minimum Gasteiger partial charge on any atom is -0.481 e. The van der Waals surface area contributed by atoms with Crippen molar-refractivity contribution >= 4 is 11.9 Å². The summed E-state index contributed by atoms with van der Waals surface area (Å²) in [4.78, 5) is 31.2. The fourth-order valence-electron chi connectivity index (χ4n) is 1.93. The van der Waals surface area contributed by atoms with Crippen LogP contribution in [0.4, 0.5) is 0 Å². The van der Waals surface area contributed by atoms with Gasteiger partial charge in [-0.1, -0.05) is 0 Å². The molecule has 110 valence electrons. The molecule has 0 saturated carbocycles. The van der Waals surface area contributed by atoms with E-state index in [0.29, 0.717) is 17.1 Å². The molecule has 0 saturated heterocycles. The number of ether oxygens (including phenoxy) is 1. The van der Waals surface area contributed by atoms with Crippen LogP contribution >= 0.6 is 0 Å². The second-order valence-electron chi connectivity index (χ2n) is 4.93. The molecule has 1 amide bonds. The molecule has 1 heterocycles. The number of aromatic nitrogens is 2. The van der Waals surface area contributed by atoms with E-state index in [1.807, 2.05) is 0 Å². The number of nitrogens with one attached hydrogen (secondary N) is 1. The van der Waals surface area contributed by atoms with Gasteiger partial charge >= 0.3 is 5.97 Å². The van der Waals surface area contributed by atoms with Crippen LogP contribution in [0.1, 0.15) is 35.2 Å². The highest BCUT2D eigenvalue weighted by molar-refractivity contribution is 5.95. The molecule has 20 heavy (non-hydrogen) atoms. The maximum absolute atomic E-state index is 12.2. The Morgan fingerprint density at radius 2 is 2.10 bits per heavy atom. The highest BCUT2D eigenvalue weighted by atomic mass is 16.5. The van der Waals surface area contributed by atoms with Crippen molar-refractivity contribution in [2.24, 2.45) is 0 Å². The van der Waals surface area contributed by atoms with Gasteiger partial charge < -0.3 is 15.2 Å². The Labute approximate surface area is 117 Å². The van der Waals surface area contributed by atoms with Crippen molar-refractivity contribution in [3.8, 4) is 0 Å². The van der Waals surface area contributed by atoms with Crippen molar-refractivity contribution in [3.05, 3.63) is 23.3 Å². The van der Waals surface area contributed by atoms with Crippen molar-refractivity contribution in [1.82, 2.24) is 15.3 Å². The summed E-state index contributed by atoms with van der Waals surface area (Å²) in [6.45, 7) is 5.15. The largest absolute Gasteiger partial charge is 0.481 e. The van der Waals surface area contributed by atoms with E-state index in [4.69, 9.17) is 9.84 Å². The second-order valence-corrected chi connectivity index (χ2v) is 4.93. The average molecular weight is 281 g/mol. The molecule has 7 heteroatoms. The zero-order valence-corrected chi connectivity index (χ0v) is 12.1. The molecular formula is C13H19N3O4. The van der Waals surface area contributed by atoms with Crippen molar-refractivity contribution in [2.45, 2.75) is 32.7 Å². The molecular weight excluding hydrogens is 262 g/mol. The van der Waals surface area contributed by atoms with Crippen molar-refractivity contribution in [3.63, 3.8) is 0 Å². The van der Waals surface area contributed by atoms with E-state index in [0.717, 1.165) is 0 Å². The van der Waals surface area contributed by atoms with Crippen LogP contribution in [0.15, 0.2) is 6.20 Å². The summed E-state index contributed by atoms with van der Waals surface area (Å²) in [7, 11) is 1.45. The van der Waals surface area contributed by atoms with Crippen LogP contribution in [0.25, 0.3) is 0 Å². The van der Waals surface area contributed by atoms with Gasteiger partial charge in [0.2, 0.25) is 0 Å². The lowest BCUT2D eigenvalue weighted by molar-refractivity contribution is -0.139. The smallest absolute Gasteiger partial charge is 0.305 e. The minimum absolute atomic E-state index is 0.0941. The van der Waals surface area contributed by atoms with Gasteiger partial charge in [0.15, 0.2) is 0 Å². The number of hydrogen-bond donors (Lipinski definition) is 2. The summed E-state index contributed by atoms with van der Waals surface area (Å²) in [5, 5.41) is 11.6. The Balaban J connectivity index is 2.93. The van der Waals surface area contributed by atoms with E-state index in [-0.39, 0.29) is 13.0 Å². The first-order chi connectivity index (χ1) is 9.27. The third-order valence-electron chi connectivity index (χ3n) is 2.76. The van der Waals surface area contributed by atoms with Gasteiger partial charge in [0.1, 0.15) is 5.82 Å². The van der Waals surface area contributed by atoms with Crippen LogP contribution in [0.3, 0.4) is 0 Å². The fraction of sp³-hybridized carbons (Fsp3) is 0.538. The Bertz CT molecular complexity index is 518. The van der Waals surface area contributed by atoms with E-state index in [1.54, 1.807) is 20.8 Å². The SMILES string of the molecule is COCC(C)(CC(=O)O)NC(=O)c1cnc(C)nc1C. The first-order valence-electron chi connectivity index (χ1n) is 6.11. The van der Waals surface area contributed by atoms with E-state index >= 15 is 0 Å². The second kappa shape index (κ2) is 6.42. The van der Waals surface area contributed by atoms with E-state index < -0.39 is 17.4 Å². The first kappa shape index (κ1) is 16.0. The van der Waals surface area contributed by atoms with E-state index in [9.17, 15) is 9.59 Å². The Hall–Kier alpha value is -2.02. The number of hydrogen-bond acceptors (Lipinski definition) is 5. The predicted octanol–water partition coefficient (Wildman–Crippen LogP) is 0.703. The van der Waals surface area contributed by atoms with Gasteiger partial charge in [-0.25, -0.2) is 9.97 Å². The summed E-state index contributed by atoms with van der Waals surface area (Å²) < 4.78 is 4.98. The molecule has 0 aliphatic carbocycles. The summed E-state index contributed by atoms with van der Waals surface area (Å²) in [6, 6.07) is 0. The number of carboxylic acids is 1. The number of nitrogens with zero attached hydrogens (tertiary/aromatic N) is 2. The normalized spacial score (nSPS) is 13.6. The molecule has 0 radical (unpaired) electrons. The molecule has 2 N–H and O–H groups in total. The highest BCUT2D eigenvalue weighted by Gasteiger charge is 2.30. The van der Waals surface area contributed by atoms with Crippen molar-refractivity contribution in [1.29, 1.82) is 0 Å². The van der Waals surface area contributed by atoms with Gasteiger partial charge in [0.25, 0.3) is 5.91 Å². The summed E-state index contributed by atoms with van der Waals surface area (Å²) >= 11 is 0. The fourth-order valence-corrected chi connectivity index (χ4v) is 1.93. The third-order valence-corrected chi connectivity index (χ3v) is 2.76. The number of carbonyl (C=O) groups excluding carboxylic acids is 1. The van der Waals surface area contributed by atoms with Gasteiger partial charge in [-0.15, -0.1) is 0 Å². The van der Waals surface area contributed by atoms with Gasteiger partial charge in [0.05, 0.1) is 29.8 Å². The Kier molecular flexibility index (Phi) is 5.15. The van der Waals surface area contributed by atoms with E-state index in [2.05, 4.69) is 15.3 Å². The van der Waals surface area contributed by atoms with E-state index in [1.165, 1.54) is 13.3 Å². The molecule has 7 nitrogen and oxygen atoms in total. The molecule has 0 bridgehead atoms. The number of amides is 1. The van der Waals surface area contributed by atoms with Crippen molar-refractivity contribution in [2.75, 3.05) is 13.7 Å². The zero-order valence-electron chi connectivity index (χ0n) is 12.1. The molecule has 1 unspecified atom stereocenters. The number of methoxy groups -OCH3 is 1. The monoisotopic (exact) mass is 281 g/mol. The molecule has 1 aromatic heterocycles. The van der Waals surface area contributed by atoms with Crippen LogP contribution in [-0.4, -0.2) is 46.2 Å². The molecule has 0 aromatic carbocycles. The first-order valence-corrected chi connectivity index (χ1v) is 6.11. The number of carbonyl (C=O) groups is 2. The lowest BCUT2D eigenvalue weighted by Gasteiger charge is -2.28. The third kappa shape index (κ3) is 4.27. The van der Waals surface area contributed by atoms with Gasteiger partial charge in [0, 0.05) is 13.3 Å². The van der Waals surface area contributed by atoms with Crippen LogP contribution in [-0.2, 0) is 9.53 Å². The molecule has 1 aromatic rings. The molecule has 1 rings (SSSR count). The number of aliphatic carboxylic acids is 1. The van der Waals surface area contributed by atoms with Gasteiger partial charge in [-0.3, -0.25) is 9.59 Å². The Morgan fingerprint density at radius 1 is 1.45 bits per heavy atom. The molecule has 0 spiro atoms. The molecule has 0 aliphatic rings. The van der Waals surface area contributed by atoms with Gasteiger partial charge in [-0.2, -0.15) is 0 Å². The highest BCUT2D eigenvalue weighted by Crippen LogP contribution is 2.13. The summed E-state index contributed by atoms with van der Waals surface area (Å²) in [5.41, 5.74) is -0.122. The van der Waals surface area contributed by atoms with Crippen molar-refractivity contribution < 1.29 is 19.4 Å². The maximum Gasteiger partial charge on any atom is 0.305 e. The van der Waals surface area contributed by atoms with Crippen LogP contribution in [0.2, 0.25) is 0 Å². The molecule has 0 aliphatic heterocycles. The quantitative estimate of drug-likeness (QED) is 0.796. The maximum atomic E-state index is 12.2. The Morgan fingerprint density at radius 3 is 2.60 bits per heavy atom. The standard InChI is InChI=1S/C13H19N3O4/c1-8-10(6-14-9(2)15-8)12(19)16-13(3,7-20-4)5-11(17)18/h6H,5,7H2,1-4H3,(H,16,19)(H,17,18). The van der Waals surface area contributed by atoms with Gasteiger partial charge in [-0.05, 0) is 20.8 Å². The summed E-state index contributed by atoms with van der Waals surface area (Å²) in [6.07, 6.45) is 1.19. The molecule has 1 atom stereocenters. The topological polar surface area (TPSA) is 101 Å². The lowest BCUT2D eigenvalue weighted by Crippen LogP contribution is -2.51. The minimum atomic E-state index is -1.01. The van der Waals surface area contributed by atoms with Crippen LogP contribution < -0.4 is 5.32 Å². The zero-order chi connectivity index (χ0) is 15.3. The number of aryl methyl sites for hydroxylation is 2. The molecule has 0 fully saturated rings. The lowest BCUT2D eigenvalue weighted by atomic mass is 9.98. The van der Waals surface area contributed by atoms with Crippen LogP contribution in [0, 0.1) is 13.8 Å². The average Bonchev–Trinajstić information content (AvgIpc) is 2.26. The summed E-state index contributed by atoms with van der Waals surface area (Å²) in [5.74, 6) is -0.853.